The van der Waals surface area contributed by atoms with Crippen molar-refractivity contribution >= 4 is 11.4 Å². The lowest BCUT2D eigenvalue weighted by molar-refractivity contribution is 0.101. The number of aliphatic hydroxyl groups excluding tert-OH is 1. The Kier molecular flexibility index (Phi) is 6.32. The molecule has 0 aromatic heterocycles. The van der Waals surface area contributed by atoms with E-state index in [4.69, 9.17) is 0 Å². The predicted molar refractivity (Wildman–Crippen MR) is 131 cm³/mol. The number of aliphatic hydroxyl groups is 1. The van der Waals surface area contributed by atoms with E-state index < -0.39 is 0 Å². The van der Waals surface area contributed by atoms with Gasteiger partial charge in [0.2, 0.25) is 0 Å². The molecule has 2 aromatic rings. The van der Waals surface area contributed by atoms with Gasteiger partial charge in [0.15, 0.2) is 5.78 Å². The molecule has 0 bridgehead atoms. The minimum atomic E-state index is 0.0574. The molecule has 2 aromatic carbocycles. The molecular weight excluding hydrogens is 380 g/mol. The highest BCUT2D eigenvalue weighted by atomic mass is 16.3. The summed E-state index contributed by atoms with van der Waals surface area (Å²) in [5.74, 6) is 0.403. The lowest BCUT2D eigenvalue weighted by Crippen LogP contribution is -2.34. The van der Waals surface area contributed by atoms with Gasteiger partial charge in [-0.25, -0.2) is 0 Å². The molecule has 2 heteroatoms. The van der Waals surface area contributed by atoms with Crippen LogP contribution in [0, 0.1) is 6.92 Å². The molecule has 3 rings (SSSR count). The normalized spacial score (nSPS) is 17.9. The van der Waals surface area contributed by atoms with E-state index in [9.17, 15) is 9.90 Å². The number of carbonyl (C=O) groups is 1. The molecule has 0 radical (unpaired) electrons. The van der Waals surface area contributed by atoms with Gasteiger partial charge in [0.1, 0.15) is 0 Å². The maximum absolute atomic E-state index is 11.6. The lowest BCUT2D eigenvalue weighted by Gasteiger charge is -2.42. The number of hydrogen-bond acceptors (Lipinski definition) is 2. The fourth-order valence-electron chi connectivity index (χ4n) is 4.51. The second kappa shape index (κ2) is 8.49. The van der Waals surface area contributed by atoms with Crippen molar-refractivity contribution in [3.63, 3.8) is 0 Å². The zero-order chi connectivity index (χ0) is 23.0. The van der Waals surface area contributed by atoms with Gasteiger partial charge in [-0.1, -0.05) is 64.1 Å². The molecule has 31 heavy (non-hydrogen) atoms. The SMILES string of the molecule is CC(=O)c1cccc(/C(C)=C/C=C(\O)Cc2cc3c(cc2C)C(C)(C)CCC3(C)C)c1. The summed E-state index contributed by atoms with van der Waals surface area (Å²) in [4.78, 5) is 11.6. The summed E-state index contributed by atoms with van der Waals surface area (Å²) < 4.78 is 0. The number of fused-ring (bicyclic) bond motifs is 1. The van der Waals surface area contributed by atoms with Crippen LogP contribution in [0.25, 0.3) is 5.57 Å². The Morgan fingerprint density at radius 2 is 1.52 bits per heavy atom. The van der Waals surface area contributed by atoms with Crippen LogP contribution in [0.1, 0.15) is 92.6 Å². The van der Waals surface area contributed by atoms with Crippen LogP contribution in [0.3, 0.4) is 0 Å². The van der Waals surface area contributed by atoms with E-state index in [1.54, 1.807) is 13.0 Å². The Labute approximate surface area is 187 Å². The van der Waals surface area contributed by atoms with Crippen LogP contribution >= 0.6 is 0 Å². The van der Waals surface area contributed by atoms with Crippen LogP contribution in [0.15, 0.2) is 54.3 Å². The third kappa shape index (κ3) is 5.01. The molecule has 0 amide bonds. The fourth-order valence-corrected chi connectivity index (χ4v) is 4.51. The molecule has 164 valence electrons. The van der Waals surface area contributed by atoms with Crippen molar-refractivity contribution in [2.24, 2.45) is 0 Å². The van der Waals surface area contributed by atoms with E-state index in [2.05, 4.69) is 46.8 Å². The number of rotatable bonds is 5. The molecule has 0 fully saturated rings. The van der Waals surface area contributed by atoms with Crippen molar-refractivity contribution in [3.05, 3.63) is 87.7 Å². The molecule has 0 saturated carbocycles. The van der Waals surface area contributed by atoms with Crippen molar-refractivity contribution in [1.29, 1.82) is 0 Å². The molecule has 1 aliphatic rings. The fraction of sp³-hybridized carbons (Fsp3) is 0.414. The summed E-state index contributed by atoms with van der Waals surface area (Å²) in [6.45, 7) is 15.1. The van der Waals surface area contributed by atoms with Gasteiger partial charge in [-0.15, -0.1) is 0 Å². The topological polar surface area (TPSA) is 37.3 Å². The van der Waals surface area contributed by atoms with E-state index in [0.717, 1.165) is 11.1 Å². The van der Waals surface area contributed by atoms with E-state index >= 15 is 0 Å². The van der Waals surface area contributed by atoms with Crippen LogP contribution in [0.4, 0.5) is 0 Å². The molecule has 0 aliphatic heterocycles. The second-order valence-electron chi connectivity index (χ2n) is 10.4. The van der Waals surface area contributed by atoms with Gasteiger partial charge in [0.05, 0.1) is 5.76 Å². The molecular formula is C29H36O2. The first kappa shape index (κ1) is 23.1. The van der Waals surface area contributed by atoms with E-state index in [-0.39, 0.29) is 16.6 Å². The number of hydrogen-bond donors (Lipinski definition) is 1. The third-order valence-electron chi connectivity index (χ3n) is 6.93. The molecule has 1 N–H and O–H groups in total. The first-order valence-electron chi connectivity index (χ1n) is 11.2. The van der Waals surface area contributed by atoms with Crippen LogP contribution in [0.2, 0.25) is 0 Å². The van der Waals surface area contributed by atoms with Gasteiger partial charge in [-0.3, -0.25) is 4.79 Å². The number of Topliss-reactive ketones (excluding diaryl/α,β-unsaturated/α-hetero) is 1. The minimum Gasteiger partial charge on any atom is -0.512 e. The smallest absolute Gasteiger partial charge is 0.159 e. The summed E-state index contributed by atoms with van der Waals surface area (Å²) >= 11 is 0. The summed E-state index contributed by atoms with van der Waals surface area (Å²) in [7, 11) is 0. The Morgan fingerprint density at radius 1 is 0.935 bits per heavy atom. The molecule has 0 atom stereocenters. The largest absolute Gasteiger partial charge is 0.512 e. The Bertz CT molecular complexity index is 1060. The average Bonchev–Trinajstić information content (AvgIpc) is 2.71. The molecule has 0 saturated heterocycles. The average molecular weight is 417 g/mol. The van der Waals surface area contributed by atoms with Crippen LogP contribution in [-0.4, -0.2) is 10.9 Å². The molecule has 0 unspecified atom stereocenters. The molecule has 1 aliphatic carbocycles. The predicted octanol–water partition coefficient (Wildman–Crippen LogP) is 7.63. The van der Waals surface area contributed by atoms with Crippen LogP contribution in [0.5, 0.6) is 0 Å². The van der Waals surface area contributed by atoms with Gasteiger partial charge in [0, 0.05) is 12.0 Å². The lowest BCUT2D eigenvalue weighted by atomic mass is 9.62. The maximum atomic E-state index is 11.6. The van der Waals surface area contributed by atoms with Gasteiger partial charge in [0.25, 0.3) is 0 Å². The Balaban J connectivity index is 1.87. The summed E-state index contributed by atoms with van der Waals surface area (Å²) in [5.41, 5.74) is 8.35. The quantitative estimate of drug-likeness (QED) is 0.309. The highest BCUT2D eigenvalue weighted by Gasteiger charge is 2.37. The van der Waals surface area contributed by atoms with Crippen LogP contribution in [-0.2, 0) is 17.3 Å². The first-order chi connectivity index (χ1) is 14.4. The first-order valence-corrected chi connectivity index (χ1v) is 11.2. The van der Waals surface area contributed by atoms with Gasteiger partial charge in [-0.2, -0.15) is 0 Å². The number of ketones is 1. The Hall–Kier alpha value is -2.61. The number of carbonyl (C=O) groups excluding carboxylic acids is 1. The highest BCUT2D eigenvalue weighted by Crippen LogP contribution is 2.46. The maximum Gasteiger partial charge on any atom is 0.159 e. The van der Waals surface area contributed by atoms with Gasteiger partial charge < -0.3 is 5.11 Å². The standard InChI is InChI=1S/C29H36O2/c1-19(22-9-8-10-23(16-22)21(3)30)11-12-25(31)17-24-18-27-26(15-20(24)2)28(4,5)13-14-29(27,6)7/h8-12,15-16,18,31H,13-14,17H2,1-7H3/b19-11+,25-12-. The highest BCUT2D eigenvalue weighted by molar-refractivity contribution is 5.94. The zero-order valence-electron chi connectivity index (χ0n) is 20.1. The Morgan fingerprint density at radius 3 is 2.13 bits per heavy atom. The van der Waals surface area contributed by atoms with Crippen molar-refractivity contribution in [3.8, 4) is 0 Å². The van der Waals surface area contributed by atoms with Crippen LogP contribution < -0.4 is 0 Å². The molecule has 0 spiro atoms. The van der Waals surface area contributed by atoms with Crippen molar-refractivity contribution in [2.45, 2.75) is 78.6 Å². The second-order valence-corrected chi connectivity index (χ2v) is 10.4. The zero-order valence-corrected chi connectivity index (χ0v) is 20.1. The van der Waals surface area contributed by atoms with Gasteiger partial charge >= 0.3 is 0 Å². The number of aryl methyl sites for hydroxylation is 1. The molecule has 0 heterocycles. The number of benzene rings is 2. The van der Waals surface area contributed by atoms with Crippen molar-refractivity contribution in [1.82, 2.24) is 0 Å². The van der Waals surface area contributed by atoms with Crippen molar-refractivity contribution in [2.75, 3.05) is 0 Å². The molecule has 2 nitrogen and oxygen atoms in total. The minimum absolute atomic E-state index is 0.0574. The van der Waals surface area contributed by atoms with E-state index in [0.29, 0.717) is 17.7 Å². The van der Waals surface area contributed by atoms with E-state index in [1.807, 2.05) is 37.3 Å². The monoisotopic (exact) mass is 416 g/mol. The van der Waals surface area contributed by atoms with E-state index in [1.165, 1.54) is 35.1 Å². The number of allylic oxidation sites excluding steroid dienone is 4. The summed E-state index contributed by atoms with van der Waals surface area (Å²) in [6.07, 6.45) is 6.61. The summed E-state index contributed by atoms with van der Waals surface area (Å²) in [5, 5.41) is 10.7. The van der Waals surface area contributed by atoms with Crippen molar-refractivity contribution < 1.29 is 9.90 Å². The summed E-state index contributed by atoms with van der Waals surface area (Å²) in [6, 6.07) is 12.3. The van der Waals surface area contributed by atoms with Gasteiger partial charge in [-0.05, 0) is 90.0 Å². The third-order valence-corrected chi connectivity index (χ3v) is 6.93.